The Morgan fingerprint density at radius 2 is 1.73 bits per heavy atom. The minimum Gasteiger partial charge on any atom is -0.467 e. The number of ether oxygens (including phenoxy) is 1. The lowest BCUT2D eigenvalue weighted by atomic mass is 9.48. The Morgan fingerprint density at radius 3 is 2.32 bits per heavy atom. The van der Waals surface area contributed by atoms with Crippen LogP contribution in [-0.4, -0.2) is 35.3 Å². The number of esters is 1. The average molecular weight is 305 g/mol. The molecule has 0 aromatic carbocycles. The van der Waals surface area contributed by atoms with Gasteiger partial charge in [-0.3, -0.25) is 4.84 Å². The van der Waals surface area contributed by atoms with Crippen molar-refractivity contribution in [1.29, 1.82) is 0 Å². The summed E-state index contributed by atoms with van der Waals surface area (Å²) in [6.45, 7) is 2.30. The van der Waals surface area contributed by atoms with Crippen molar-refractivity contribution in [3.63, 3.8) is 0 Å². The van der Waals surface area contributed by atoms with Crippen molar-refractivity contribution < 1.29 is 14.4 Å². The number of methoxy groups -OCH3 is 1. The smallest absolute Gasteiger partial charge is 0.337 e. The van der Waals surface area contributed by atoms with E-state index in [0.717, 1.165) is 30.1 Å². The minimum atomic E-state index is -0.385. The number of hydrogen-bond donors (Lipinski definition) is 0. The van der Waals surface area contributed by atoms with Gasteiger partial charge in [0.1, 0.15) is 0 Å². The molecule has 22 heavy (non-hydrogen) atoms. The first-order valence-electron chi connectivity index (χ1n) is 9.10. The second-order valence-corrected chi connectivity index (χ2v) is 8.91. The van der Waals surface area contributed by atoms with E-state index in [4.69, 9.17) is 9.57 Å². The van der Waals surface area contributed by atoms with Gasteiger partial charge in [-0.05, 0) is 75.5 Å². The van der Waals surface area contributed by atoms with E-state index in [-0.39, 0.29) is 23.2 Å². The fraction of sp³-hybridized carbons (Fsp3) is 0.944. The van der Waals surface area contributed by atoms with Crippen LogP contribution >= 0.6 is 0 Å². The van der Waals surface area contributed by atoms with Crippen LogP contribution in [0.25, 0.3) is 0 Å². The topological polar surface area (TPSA) is 38.8 Å². The molecule has 1 spiro atoms. The molecule has 4 saturated carbocycles. The average Bonchev–Trinajstić information content (AvgIpc) is 2.97. The molecule has 0 aromatic rings. The molecule has 4 aliphatic carbocycles. The number of carbonyl (C=O) groups excluding carboxylic acids is 1. The van der Waals surface area contributed by atoms with E-state index in [0.29, 0.717) is 0 Å². The summed E-state index contributed by atoms with van der Waals surface area (Å²) in [5.41, 5.74) is 0.263. The molecule has 4 heteroatoms. The van der Waals surface area contributed by atoms with Gasteiger partial charge in [0.15, 0.2) is 6.10 Å². The summed E-state index contributed by atoms with van der Waals surface area (Å²) in [4.78, 5) is 18.3. The summed E-state index contributed by atoms with van der Waals surface area (Å²) in [6.07, 6.45) is 9.91. The molecular formula is C18H27NO3. The van der Waals surface area contributed by atoms with E-state index in [2.05, 4.69) is 12.0 Å². The summed E-state index contributed by atoms with van der Waals surface area (Å²) in [5.74, 6) is 3.33. The monoisotopic (exact) mass is 305 g/mol. The van der Waals surface area contributed by atoms with E-state index in [9.17, 15) is 4.79 Å². The molecule has 122 valence electrons. The summed E-state index contributed by atoms with van der Waals surface area (Å²) in [5, 5.41) is 2.34. The molecule has 4 nitrogen and oxygen atoms in total. The zero-order chi connectivity index (χ0) is 15.1. The predicted molar refractivity (Wildman–Crippen MR) is 80.8 cm³/mol. The molecular weight excluding hydrogens is 278 g/mol. The Balaban J connectivity index is 1.50. The molecule has 2 saturated heterocycles. The Kier molecular flexibility index (Phi) is 2.68. The van der Waals surface area contributed by atoms with Crippen molar-refractivity contribution >= 4 is 5.97 Å². The van der Waals surface area contributed by atoms with Crippen LogP contribution in [-0.2, 0) is 14.4 Å². The maximum atomic E-state index is 12.0. The normalized spacial score (nSPS) is 55.8. The molecule has 6 aliphatic rings. The first-order valence-corrected chi connectivity index (χ1v) is 9.10. The summed E-state index contributed by atoms with van der Waals surface area (Å²) >= 11 is 0. The molecule has 0 aromatic heterocycles. The minimum absolute atomic E-state index is 0.0359. The van der Waals surface area contributed by atoms with Gasteiger partial charge in [-0.25, -0.2) is 4.79 Å². The van der Waals surface area contributed by atoms with Gasteiger partial charge in [0.05, 0.1) is 12.6 Å². The molecule has 2 atom stereocenters. The third-order valence-electron chi connectivity index (χ3n) is 7.81. The van der Waals surface area contributed by atoms with Crippen LogP contribution in [0.1, 0.15) is 58.3 Å². The maximum Gasteiger partial charge on any atom is 0.337 e. The van der Waals surface area contributed by atoms with Gasteiger partial charge in [-0.15, -0.1) is 0 Å². The third kappa shape index (κ3) is 1.53. The molecule has 2 aliphatic heterocycles. The van der Waals surface area contributed by atoms with E-state index < -0.39 is 0 Å². The lowest BCUT2D eigenvalue weighted by Crippen LogP contribution is -2.64. The molecule has 0 radical (unpaired) electrons. The highest BCUT2D eigenvalue weighted by Gasteiger charge is 2.68. The first kappa shape index (κ1) is 13.8. The fourth-order valence-corrected chi connectivity index (χ4v) is 7.15. The number of carbonyl (C=O) groups is 1. The molecule has 6 rings (SSSR count). The summed E-state index contributed by atoms with van der Waals surface area (Å²) in [7, 11) is 1.47. The standard InChI is InChI=1S/C18H27NO3/c1-17-3-4-18(19(17)22-15(10-17)16(20)21-2)13-6-11-5-12(8-13)9-14(18)7-11/h11-15H,3-10H2,1-2H3. The zero-order valence-corrected chi connectivity index (χ0v) is 13.7. The van der Waals surface area contributed by atoms with Gasteiger partial charge in [0.25, 0.3) is 0 Å². The van der Waals surface area contributed by atoms with Gasteiger partial charge in [0, 0.05) is 12.0 Å². The van der Waals surface area contributed by atoms with Crippen LogP contribution in [0, 0.1) is 23.7 Å². The van der Waals surface area contributed by atoms with Crippen molar-refractivity contribution in [2.45, 2.75) is 75.5 Å². The molecule has 4 bridgehead atoms. The lowest BCUT2D eigenvalue weighted by Gasteiger charge is -2.62. The van der Waals surface area contributed by atoms with Gasteiger partial charge >= 0.3 is 5.97 Å². The van der Waals surface area contributed by atoms with Crippen molar-refractivity contribution in [2.75, 3.05) is 7.11 Å². The second-order valence-electron chi connectivity index (χ2n) is 8.91. The highest BCUT2D eigenvalue weighted by Crippen LogP contribution is 2.66. The Morgan fingerprint density at radius 1 is 1.09 bits per heavy atom. The molecule has 0 N–H and O–H groups in total. The van der Waals surface area contributed by atoms with Gasteiger partial charge in [0.2, 0.25) is 0 Å². The molecule has 6 fully saturated rings. The Hall–Kier alpha value is -0.610. The second kappa shape index (κ2) is 4.27. The van der Waals surface area contributed by atoms with Crippen molar-refractivity contribution in [1.82, 2.24) is 5.06 Å². The molecule has 2 heterocycles. The molecule has 2 unspecified atom stereocenters. The van der Waals surface area contributed by atoms with E-state index >= 15 is 0 Å². The number of hydrogen-bond acceptors (Lipinski definition) is 4. The number of hydroxylamine groups is 2. The van der Waals surface area contributed by atoms with Crippen LogP contribution in [0.3, 0.4) is 0 Å². The predicted octanol–water partition coefficient (Wildman–Crippen LogP) is 2.91. The number of fused-ring (bicyclic) bond motifs is 1. The third-order valence-corrected chi connectivity index (χ3v) is 7.81. The first-order chi connectivity index (χ1) is 10.5. The molecule has 0 amide bonds. The quantitative estimate of drug-likeness (QED) is 0.698. The maximum absolute atomic E-state index is 12.0. The van der Waals surface area contributed by atoms with Crippen molar-refractivity contribution in [3.8, 4) is 0 Å². The summed E-state index contributed by atoms with van der Waals surface area (Å²) in [6, 6.07) is 0. The number of rotatable bonds is 1. The van der Waals surface area contributed by atoms with E-state index in [1.54, 1.807) is 0 Å². The van der Waals surface area contributed by atoms with Crippen molar-refractivity contribution in [3.05, 3.63) is 0 Å². The van der Waals surface area contributed by atoms with Crippen LogP contribution in [0.2, 0.25) is 0 Å². The Bertz CT molecular complexity index is 490. The van der Waals surface area contributed by atoms with Gasteiger partial charge < -0.3 is 4.74 Å². The van der Waals surface area contributed by atoms with E-state index in [1.165, 1.54) is 52.1 Å². The highest BCUT2D eigenvalue weighted by molar-refractivity contribution is 5.75. The highest BCUT2D eigenvalue weighted by atomic mass is 16.7. The lowest BCUT2D eigenvalue weighted by molar-refractivity contribution is -0.279. The van der Waals surface area contributed by atoms with Crippen molar-refractivity contribution in [2.24, 2.45) is 23.7 Å². The zero-order valence-electron chi connectivity index (χ0n) is 13.7. The Labute approximate surface area is 132 Å². The number of nitrogens with zero attached hydrogens (tertiary/aromatic N) is 1. The SMILES string of the molecule is COC(=O)C1CC2(C)CCC3(C4CC5CC(C4)CC3C5)N2O1. The summed E-state index contributed by atoms with van der Waals surface area (Å²) < 4.78 is 4.95. The van der Waals surface area contributed by atoms with Crippen LogP contribution in [0.5, 0.6) is 0 Å². The van der Waals surface area contributed by atoms with Gasteiger partial charge in [-0.2, -0.15) is 5.06 Å². The van der Waals surface area contributed by atoms with Crippen LogP contribution in [0.15, 0.2) is 0 Å². The van der Waals surface area contributed by atoms with E-state index in [1.807, 2.05) is 0 Å². The van der Waals surface area contributed by atoms with Gasteiger partial charge in [-0.1, -0.05) is 0 Å². The largest absolute Gasteiger partial charge is 0.467 e. The fourth-order valence-electron chi connectivity index (χ4n) is 7.15. The van der Waals surface area contributed by atoms with Crippen LogP contribution in [0.4, 0.5) is 0 Å². The van der Waals surface area contributed by atoms with Crippen LogP contribution < -0.4 is 0 Å².